The second-order valence-corrected chi connectivity index (χ2v) is 3.78. The van der Waals surface area contributed by atoms with Crippen molar-refractivity contribution in [3.8, 4) is 17.0 Å². The van der Waals surface area contributed by atoms with Gasteiger partial charge in [-0.2, -0.15) is 0 Å². The van der Waals surface area contributed by atoms with Crippen LogP contribution >= 0.6 is 11.8 Å². The first-order valence-corrected chi connectivity index (χ1v) is 5.71. The summed E-state index contributed by atoms with van der Waals surface area (Å²) in [5.41, 5.74) is 1.83. The van der Waals surface area contributed by atoms with Gasteiger partial charge in [-0.3, -0.25) is 0 Å². The van der Waals surface area contributed by atoms with Crippen LogP contribution in [0, 0.1) is 0 Å². The first kappa shape index (κ1) is 10.1. The van der Waals surface area contributed by atoms with Crippen molar-refractivity contribution >= 4 is 11.8 Å². The largest absolute Gasteiger partial charge is 0.497 e. The predicted octanol–water partition coefficient (Wildman–Crippen LogP) is 3.07. The molecule has 1 aromatic heterocycles. The van der Waals surface area contributed by atoms with Gasteiger partial charge >= 0.3 is 0 Å². The van der Waals surface area contributed by atoms with Crippen LogP contribution in [0.5, 0.6) is 5.75 Å². The minimum absolute atomic E-state index is 0.813. The summed E-state index contributed by atoms with van der Waals surface area (Å²) in [6, 6.07) is 9.66. The van der Waals surface area contributed by atoms with E-state index in [1.54, 1.807) is 7.11 Å². The molecule has 0 aliphatic carbocycles. The molecule has 0 aliphatic rings. The average Bonchev–Trinajstić information content (AvgIpc) is 2.78. The van der Waals surface area contributed by atoms with Crippen molar-refractivity contribution in [1.29, 1.82) is 0 Å². The molecule has 0 N–H and O–H groups in total. The van der Waals surface area contributed by atoms with Crippen LogP contribution in [-0.4, -0.2) is 18.5 Å². The van der Waals surface area contributed by atoms with E-state index in [2.05, 4.69) is 5.16 Å². The third-order valence-electron chi connectivity index (χ3n) is 2.06. The third-order valence-corrected chi connectivity index (χ3v) is 2.65. The topological polar surface area (TPSA) is 35.3 Å². The van der Waals surface area contributed by atoms with E-state index in [4.69, 9.17) is 9.26 Å². The number of thioether (sulfide) groups is 1. The van der Waals surface area contributed by atoms with Crippen molar-refractivity contribution in [2.45, 2.75) is 5.09 Å². The molecule has 0 aliphatic heterocycles. The molecule has 0 saturated carbocycles. The predicted molar refractivity (Wildman–Crippen MR) is 60.3 cm³/mol. The number of hydrogen-bond donors (Lipinski definition) is 0. The van der Waals surface area contributed by atoms with E-state index >= 15 is 0 Å². The van der Waals surface area contributed by atoms with E-state index in [1.807, 2.05) is 36.6 Å². The Hall–Kier alpha value is -1.42. The van der Waals surface area contributed by atoms with Crippen molar-refractivity contribution in [1.82, 2.24) is 5.16 Å². The maximum Gasteiger partial charge on any atom is 0.193 e. The molecule has 0 atom stereocenters. The molecular formula is C11H11NO2S. The van der Waals surface area contributed by atoms with Crippen molar-refractivity contribution in [2.75, 3.05) is 13.4 Å². The van der Waals surface area contributed by atoms with Crippen molar-refractivity contribution < 1.29 is 9.26 Å². The smallest absolute Gasteiger partial charge is 0.193 e. The normalized spacial score (nSPS) is 10.3. The quantitative estimate of drug-likeness (QED) is 0.746. The van der Waals surface area contributed by atoms with E-state index in [9.17, 15) is 0 Å². The van der Waals surface area contributed by atoms with Gasteiger partial charge in [-0.25, -0.2) is 0 Å². The molecule has 0 unspecified atom stereocenters. The highest BCUT2D eigenvalue weighted by atomic mass is 32.2. The Kier molecular flexibility index (Phi) is 2.97. The first-order chi connectivity index (χ1) is 7.33. The van der Waals surface area contributed by atoms with Crippen LogP contribution in [-0.2, 0) is 0 Å². The SMILES string of the molecule is COc1cccc(-c2cc(SC)on2)c1. The Morgan fingerprint density at radius 1 is 1.33 bits per heavy atom. The maximum absolute atomic E-state index is 5.15. The molecule has 0 radical (unpaired) electrons. The number of nitrogens with zero attached hydrogens (tertiary/aromatic N) is 1. The van der Waals surface area contributed by atoms with Gasteiger partial charge in [0.15, 0.2) is 5.09 Å². The Morgan fingerprint density at radius 3 is 2.87 bits per heavy atom. The molecule has 4 heteroatoms. The van der Waals surface area contributed by atoms with Gasteiger partial charge in [-0.1, -0.05) is 29.1 Å². The summed E-state index contributed by atoms with van der Waals surface area (Å²) in [4.78, 5) is 0. The average molecular weight is 221 g/mol. The zero-order chi connectivity index (χ0) is 10.7. The van der Waals surface area contributed by atoms with Gasteiger partial charge in [-0.15, -0.1) is 0 Å². The van der Waals surface area contributed by atoms with Gasteiger partial charge in [0.2, 0.25) is 0 Å². The lowest BCUT2D eigenvalue weighted by Gasteiger charge is -2.00. The molecule has 1 heterocycles. The standard InChI is InChI=1S/C11H11NO2S/c1-13-9-5-3-4-8(6-9)10-7-11(15-2)14-12-10/h3-7H,1-2H3. The Morgan fingerprint density at radius 2 is 2.20 bits per heavy atom. The number of methoxy groups -OCH3 is 1. The summed E-state index contributed by atoms with van der Waals surface area (Å²) in [5, 5.41) is 4.79. The van der Waals surface area contributed by atoms with Crippen LogP contribution in [0.15, 0.2) is 39.9 Å². The molecule has 2 rings (SSSR count). The number of ether oxygens (including phenoxy) is 1. The molecule has 0 bridgehead atoms. The molecule has 1 aromatic carbocycles. The van der Waals surface area contributed by atoms with E-state index in [1.165, 1.54) is 11.8 Å². The number of aromatic nitrogens is 1. The second kappa shape index (κ2) is 4.40. The molecule has 0 fully saturated rings. The third kappa shape index (κ3) is 2.15. The van der Waals surface area contributed by atoms with E-state index in [-0.39, 0.29) is 0 Å². The molecule has 0 amide bonds. The van der Waals surface area contributed by atoms with Gasteiger partial charge in [0.25, 0.3) is 0 Å². The molecule has 15 heavy (non-hydrogen) atoms. The monoisotopic (exact) mass is 221 g/mol. The maximum atomic E-state index is 5.15. The molecular weight excluding hydrogens is 210 g/mol. The van der Waals surface area contributed by atoms with Gasteiger partial charge in [-0.05, 0) is 18.4 Å². The highest BCUT2D eigenvalue weighted by Gasteiger charge is 2.06. The fraction of sp³-hybridized carbons (Fsp3) is 0.182. The number of benzene rings is 1. The Balaban J connectivity index is 2.35. The van der Waals surface area contributed by atoms with Gasteiger partial charge in [0.05, 0.1) is 7.11 Å². The summed E-state index contributed by atoms with van der Waals surface area (Å²) in [5.74, 6) is 0.821. The highest BCUT2D eigenvalue weighted by molar-refractivity contribution is 7.98. The molecule has 0 saturated heterocycles. The first-order valence-electron chi connectivity index (χ1n) is 4.48. The van der Waals surface area contributed by atoms with E-state index in [0.29, 0.717) is 0 Å². The lowest BCUT2D eigenvalue weighted by atomic mass is 10.1. The molecule has 3 nitrogen and oxygen atoms in total. The van der Waals surface area contributed by atoms with Crippen molar-refractivity contribution in [3.63, 3.8) is 0 Å². The van der Waals surface area contributed by atoms with Crippen molar-refractivity contribution in [2.24, 2.45) is 0 Å². The highest BCUT2D eigenvalue weighted by Crippen LogP contribution is 2.26. The van der Waals surface area contributed by atoms with Crippen LogP contribution in [0.1, 0.15) is 0 Å². The molecule has 78 valence electrons. The van der Waals surface area contributed by atoms with E-state index in [0.717, 1.165) is 22.1 Å². The summed E-state index contributed by atoms with van der Waals surface area (Å²) in [6.07, 6.45) is 1.95. The van der Waals surface area contributed by atoms with Gasteiger partial charge in [0.1, 0.15) is 11.4 Å². The second-order valence-electron chi connectivity index (χ2n) is 2.97. The summed E-state index contributed by atoms with van der Waals surface area (Å²) >= 11 is 1.53. The fourth-order valence-electron chi connectivity index (χ4n) is 1.27. The van der Waals surface area contributed by atoms with Crippen molar-refractivity contribution in [3.05, 3.63) is 30.3 Å². The minimum atomic E-state index is 0.813. The molecule has 2 aromatic rings. The van der Waals surface area contributed by atoms with Gasteiger partial charge in [0, 0.05) is 11.6 Å². The van der Waals surface area contributed by atoms with Gasteiger partial charge < -0.3 is 9.26 Å². The lowest BCUT2D eigenvalue weighted by molar-refractivity contribution is 0.352. The summed E-state index contributed by atoms with van der Waals surface area (Å²) in [6.45, 7) is 0. The van der Waals surface area contributed by atoms with Crippen LogP contribution < -0.4 is 4.74 Å². The zero-order valence-electron chi connectivity index (χ0n) is 8.56. The Bertz CT molecular complexity index is 453. The van der Waals surface area contributed by atoms with Crippen LogP contribution in [0.4, 0.5) is 0 Å². The lowest BCUT2D eigenvalue weighted by Crippen LogP contribution is -1.83. The fourth-order valence-corrected chi connectivity index (χ4v) is 1.61. The van der Waals surface area contributed by atoms with Crippen LogP contribution in [0.2, 0.25) is 0 Å². The zero-order valence-corrected chi connectivity index (χ0v) is 9.38. The summed E-state index contributed by atoms with van der Waals surface area (Å²) in [7, 11) is 1.65. The molecule has 0 spiro atoms. The van der Waals surface area contributed by atoms with Crippen LogP contribution in [0.3, 0.4) is 0 Å². The number of rotatable bonds is 3. The van der Waals surface area contributed by atoms with E-state index < -0.39 is 0 Å². The van der Waals surface area contributed by atoms with Crippen LogP contribution in [0.25, 0.3) is 11.3 Å². The Labute approximate surface area is 92.4 Å². The minimum Gasteiger partial charge on any atom is -0.497 e. The summed E-state index contributed by atoms with van der Waals surface area (Å²) < 4.78 is 10.3. The number of hydrogen-bond acceptors (Lipinski definition) is 4.